The number of carbonyl (C=O) groups excluding carboxylic acids is 1. The third kappa shape index (κ3) is 3.70. The summed E-state index contributed by atoms with van der Waals surface area (Å²) in [6.07, 6.45) is 0. The van der Waals surface area contributed by atoms with Gasteiger partial charge in [-0.15, -0.1) is 0 Å². The fourth-order valence-electron chi connectivity index (χ4n) is 2.13. The smallest absolute Gasteiger partial charge is 0.248 e. The van der Waals surface area contributed by atoms with Gasteiger partial charge in [-0.25, -0.2) is 0 Å². The number of primary amides is 1. The Morgan fingerprint density at radius 3 is 2.61 bits per heavy atom. The molecule has 0 spiro atoms. The van der Waals surface area contributed by atoms with Gasteiger partial charge in [0.1, 0.15) is 0 Å². The van der Waals surface area contributed by atoms with Crippen molar-refractivity contribution in [3.63, 3.8) is 0 Å². The Morgan fingerprint density at radius 2 is 1.87 bits per heavy atom. The third-order valence-electron chi connectivity index (χ3n) is 3.32. The van der Waals surface area contributed by atoms with E-state index >= 15 is 0 Å². The highest BCUT2D eigenvalue weighted by Gasteiger charge is 2.13. The second-order valence-corrected chi connectivity index (χ2v) is 5.35. The summed E-state index contributed by atoms with van der Waals surface area (Å²) in [6, 6.07) is 12.5. The Morgan fingerprint density at radius 1 is 1.13 bits per heavy atom. The number of ether oxygens (including phenoxy) is 2. The molecule has 0 aromatic heterocycles. The van der Waals surface area contributed by atoms with Crippen LogP contribution in [0.1, 0.15) is 15.9 Å². The van der Waals surface area contributed by atoms with Crippen molar-refractivity contribution in [2.75, 3.05) is 12.1 Å². The number of benzene rings is 2. The molecular formula is C16H15N3O3S. The number of nitrogens with one attached hydrogen (secondary N) is 2. The zero-order valence-electron chi connectivity index (χ0n) is 12.2. The van der Waals surface area contributed by atoms with Crippen LogP contribution in [-0.2, 0) is 6.54 Å². The molecule has 4 N–H and O–H groups in total. The molecule has 0 saturated heterocycles. The predicted molar refractivity (Wildman–Crippen MR) is 90.6 cm³/mol. The first kappa shape index (κ1) is 15.1. The van der Waals surface area contributed by atoms with Gasteiger partial charge in [-0.2, -0.15) is 0 Å². The highest BCUT2D eigenvalue weighted by Crippen LogP contribution is 2.32. The molecule has 0 fully saturated rings. The summed E-state index contributed by atoms with van der Waals surface area (Å²) in [5, 5.41) is 6.63. The van der Waals surface area contributed by atoms with Crippen molar-refractivity contribution in [3.05, 3.63) is 53.6 Å². The molecule has 1 aliphatic rings. The lowest BCUT2D eigenvalue weighted by Crippen LogP contribution is -2.27. The lowest BCUT2D eigenvalue weighted by Gasteiger charge is -2.11. The van der Waals surface area contributed by atoms with Crippen LogP contribution >= 0.6 is 12.2 Å². The van der Waals surface area contributed by atoms with Crippen LogP contribution in [0.4, 0.5) is 5.69 Å². The first-order valence-corrected chi connectivity index (χ1v) is 7.36. The Balaban J connectivity index is 1.54. The lowest BCUT2D eigenvalue weighted by atomic mass is 10.2. The highest BCUT2D eigenvalue weighted by atomic mass is 32.1. The highest BCUT2D eigenvalue weighted by molar-refractivity contribution is 7.80. The SMILES string of the molecule is NC(=O)c1ccc(NC(=S)NCc2ccc3c(c2)OCO3)cc1. The van der Waals surface area contributed by atoms with E-state index in [1.165, 1.54) is 0 Å². The van der Waals surface area contributed by atoms with Crippen molar-refractivity contribution in [2.24, 2.45) is 5.73 Å². The van der Waals surface area contributed by atoms with E-state index in [0.717, 1.165) is 22.7 Å². The maximum atomic E-state index is 11.0. The molecule has 118 valence electrons. The van der Waals surface area contributed by atoms with Gasteiger partial charge in [0.05, 0.1) is 0 Å². The van der Waals surface area contributed by atoms with Crippen molar-refractivity contribution in [3.8, 4) is 11.5 Å². The number of hydrogen-bond donors (Lipinski definition) is 3. The molecule has 23 heavy (non-hydrogen) atoms. The van der Waals surface area contributed by atoms with E-state index in [-0.39, 0.29) is 6.79 Å². The van der Waals surface area contributed by atoms with Crippen LogP contribution in [0.3, 0.4) is 0 Å². The zero-order chi connectivity index (χ0) is 16.2. The minimum atomic E-state index is -0.458. The molecule has 6 nitrogen and oxygen atoms in total. The number of thiocarbonyl (C=S) groups is 1. The molecule has 1 aliphatic heterocycles. The summed E-state index contributed by atoms with van der Waals surface area (Å²) in [5.74, 6) is 1.04. The Bertz CT molecular complexity index is 747. The molecule has 0 bridgehead atoms. The number of amides is 1. The molecule has 0 atom stereocenters. The monoisotopic (exact) mass is 329 g/mol. The standard InChI is InChI=1S/C16H15N3O3S/c17-15(20)11-2-4-12(5-3-11)19-16(23)18-8-10-1-6-13-14(7-10)22-9-21-13/h1-7H,8-9H2,(H2,17,20)(H2,18,19,23). The molecule has 2 aromatic carbocycles. The Labute approximate surface area is 138 Å². The zero-order valence-corrected chi connectivity index (χ0v) is 13.0. The number of rotatable bonds is 4. The number of anilines is 1. The van der Waals surface area contributed by atoms with E-state index in [4.69, 9.17) is 27.4 Å². The second-order valence-electron chi connectivity index (χ2n) is 4.94. The van der Waals surface area contributed by atoms with E-state index < -0.39 is 5.91 Å². The summed E-state index contributed by atoms with van der Waals surface area (Å²) in [4.78, 5) is 11.0. The molecule has 7 heteroatoms. The maximum Gasteiger partial charge on any atom is 0.248 e. The van der Waals surface area contributed by atoms with Gasteiger partial charge in [-0.3, -0.25) is 4.79 Å². The summed E-state index contributed by atoms with van der Waals surface area (Å²) in [7, 11) is 0. The average Bonchev–Trinajstić information content (AvgIpc) is 3.01. The van der Waals surface area contributed by atoms with Gasteiger partial charge in [0.25, 0.3) is 0 Å². The number of nitrogens with two attached hydrogens (primary N) is 1. The van der Waals surface area contributed by atoms with Crippen molar-refractivity contribution < 1.29 is 14.3 Å². The summed E-state index contributed by atoms with van der Waals surface area (Å²) >= 11 is 5.25. The topological polar surface area (TPSA) is 85.6 Å². The van der Waals surface area contributed by atoms with Crippen LogP contribution in [0.25, 0.3) is 0 Å². The Kier molecular flexibility index (Phi) is 4.29. The van der Waals surface area contributed by atoms with Gasteiger partial charge in [0.15, 0.2) is 16.6 Å². The van der Waals surface area contributed by atoms with Gasteiger partial charge >= 0.3 is 0 Å². The van der Waals surface area contributed by atoms with E-state index in [1.54, 1.807) is 24.3 Å². The van der Waals surface area contributed by atoms with E-state index in [2.05, 4.69) is 10.6 Å². The first-order chi connectivity index (χ1) is 11.1. The molecule has 0 radical (unpaired) electrons. The molecule has 0 saturated carbocycles. The number of hydrogen-bond acceptors (Lipinski definition) is 4. The van der Waals surface area contributed by atoms with Gasteiger partial charge in [0.2, 0.25) is 12.7 Å². The normalized spacial score (nSPS) is 11.8. The van der Waals surface area contributed by atoms with Crippen LogP contribution in [0.2, 0.25) is 0 Å². The fourth-order valence-corrected chi connectivity index (χ4v) is 2.32. The maximum absolute atomic E-state index is 11.0. The van der Waals surface area contributed by atoms with Crippen LogP contribution < -0.4 is 25.8 Å². The molecule has 1 amide bonds. The van der Waals surface area contributed by atoms with Gasteiger partial charge in [-0.1, -0.05) is 6.07 Å². The van der Waals surface area contributed by atoms with Crippen molar-refractivity contribution >= 4 is 28.9 Å². The summed E-state index contributed by atoms with van der Waals surface area (Å²) < 4.78 is 10.6. The van der Waals surface area contributed by atoms with Gasteiger partial charge < -0.3 is 25.8 Å². The molecule has 0 unspecified atom stereocenters. The van der Waals surface area contributed by atoms with Gasteiger partial charge in [0, 0.05) is 17.8 Å². The number of carbonyl (C=O) groups is 1. The van der Waals surface area contributed by atoms with Crippen LogP contribution in [-0.4, -0.2) is 17.8 Å². The van der Waals surface area contributed by atoms with E-state index in [1.807, 2.05) is 18.2 Å². The minimum Gasteiger partial charge on any atom is -0.454 e. The molecule has 1 heterocycles. The summed E-state index contributed by atoms with van der Waals surface area (Å²) in [6.45, 7) is 0.815. The van der Waals surface area contributed by atoms with E-state index in [0.29, 0.717) is 17.2 Å². The van der Waals surface area contributed by atoms with Gasteiger partial charge in [-0.05, 0) is 54.2 Å². The second kappa shape index (κ2) is 6.53. The third-order valence-corrected chi connectivity index (χ3v) is 3.56. The molecule has 3 rings (SSSR count). The van der Waals surface area contributed by atoms with Crippen LogP contribution in [0.15, 0.2) is 42.5 Å². The average molecular weight is 329 g/mol. The van der Waals surface area contributed by atoms with Crippen LogP contribution in [0, 0.1) is 0 Å². The fraction of sp³-hybridized carbons (Fsp3) is 0.125. The quantitative estimate of drug-likeness (QED) is 0.744. The van der Waals surface area contributed by atoms with Crippen molar-refractivity contribution in [2.45, 2.75) is 6.54 Å². The minimum absolute atomic E-state index is 0.257. The molecule has 0 aliphatic carbocycles. The first-order valence-electron chi connectivity index (χ1n) is 6.95. The van der Waals surface area contributed by atoms with E-state index in [9.17, 15) is 4.79 Å². The molecule has 2 aromatic rings. The number of fused-ring (bicyclic) bond motifs is 1. The molecular weight excluding hydrogens is 314 g/mol. The van der Waals surface area contributed by atoms with Crippen LogP contribution in [0.5, 0.6) is 11.5 Å². The van der Waals surface area contributed by atoms with Crippen molar-refractivity contribution in [1.29, 1.82) is 0 Å². The van der Waals surface area contributed by atoms with Crippen molar-refractivity contribution in [1.82, 2.24) is 5.32 Å². The Hall–Kier alpha value is -2.80. The lowest BCUT2D eigenvalue weighted by molar-refractivity contribution is 0.100. The largest absolute Gasteiger partial charge is 0.454 e. The summed E-state index contributed by atoms with van der Waals surface area (Å²) in [5.41, 5.74) is 7.46. The predicted octanol–water partition coefficient (Wildman–Crippen LogP) is 2.00.